The quantitative estimate of drug-likeness (QED) is 0.758. The van der Waals surface area contributed by atoms with E-state index in [0.29, 0.717) is 36.8 Å². The van der Waals surface area contributed by atoms with Crippen LogP contribution in [0.5, 0.6) is 0 Å². The molecule has 0 saturated heterocycles. The summed E-state index contributed by atoms with van der Waals surface area (Å²) < 4.78 is 0. The molecule has 0 aliphatic carbocycles. The third kappa shape index (κ3) is 3.02. The Morgan fingerprint density at radius 1 is 1.36 bits per heavy atom. The van der Waals surface area contributed by atoms with Crippen molar-refractivity contribution in [2.24, 2.45) is 0 Å². The summed E-state index contributed by atoms with van der Waals surface area (Å²) in [7, 11) is 0. The van der Waals surface area contributed by atoms with Crippen LogP contribution in [-0.2, 0) is 17.8 Å². The molecule has 2 aromatic heterocycles. The number of hydrogen-bond acceptors (Lipinski definition) is 4. The van der Waals surface area contributed by atoms with E-state index in [1.165, 1.54) is 11.3 Å². The zero-order chi connectivity index (χ0) is 17.4. The Balaban J connectivity index is 1.53. The first-order valence-electron chi connectivity index (χ1n) is 8.29. The van der Waals surface area contributed by atoms with Crippen molar-refractivity contribution in [3.63, 3.8) is 0 Å². The van der Waals surface area contributed by atoms with Crippen LogP contribution in [0, 0.1) is 0 Å². The molecule has 3 heterocycles. The molecular weight excluding hydrogens is 336 g/mol. The average Bonchev–Trinajstić information content (AvgIpc) is 3.23. The predicted octanol–water partition coefficient (Wildman–Crippen LogP) is 3.17. The highest BCUT2D eigenvalue weighted by Gasteiger charge is 2.26. The van der Waals surface area contributed by atoms with Gasteiger partial charge in [-0.1, -0.05) is 36.5 Å². The van der Waals surface area contributed by atoms with Crippen LogP contribution in [0.2, 0.25) is 0 Å². The Bertz CT molecular complexity index is 926. The molecule has 0 fully saturated rings. The minimum atomic E-state index is -0.0443. The molecule has 3 aromatic rings. The van der Waals surface area contributed by atoms with Gasteiger partial charge in [0.1, 0.15) is 5.69 Å². The lowest BCUT2D eigenvalue weighted by atomic mass is 10.1. The summed E-state index contributed by atoms with van der Waals surface area (Å²) in [6.07, 6.45) is 1.13. The second kappa shape index (κ2) is 6.33. The highest BCUT2D eigenvalue weighted by atomic mass is 32.1. The van der Waals surface area contributed by atoms with Gasteiger partial charge in [-0.25, -0.2) is 4.98 Å². The van der Waals surface area contributed by atoms with E-state index in [1.807, 2.05) is 42.2 Å². The number of fused-ring (bicyclic) bond motifs is 2. The predicted molar refractivity (Wildman–Crippen MR) is 97.8 cm³/mol. The van der Waals surface area contributed by atoms with E-state index in [4.69, 9.17) is 0 Å². The highest BCUT2D eigenvalue weighted by molar-refractivity contribution is 7.15. The maximum Gasteiger partial charge on any atom is 0.270 e. The summed E-state index contributed by atoms with van der Waals surface area (Å²) in [4.78, 5) is 34.9. The molecule has 2 N–H and O–H groups in total. The number of aromatic nitrogens is 2. The van der Waals surface area contributed by atoms with Crippen molar-refractivity contribution in [3.05, 3.63) is 46.6 Å². The number of carbonyl (C=O) groups excluding carboxylic acids is 2. The number of H-pyrrole nitrogens is 1. The molecule has 4 rings (SSSR count). The normalized spacial score (nSPS) is 13.7. The van der Waals surface area contributed by atoms with Gasteiger partial charge in [0.25, 0.3) is 5.91 Å². The highest BCUT2D eigenvalue weighted by Crippen LogP contribution is 2.29. The summed E-state index contributed by atoms with van der Waals surface area (Å²) in [5, 5.41) is 4.46. The van der Waals surface area contributed by atoms with Gasteiger partial charge in [0.15, 0.2) is 5.13 Å². The number of benzene rings is 1. The van der Waals surface area contributed by atoms with Gasteiger partial charge in [0.05, 0.1) is 12.2 Å². The van der Waals surface area contributed by atoms with Crippen molar-refractivity contribution in [1.82, 2.24) is 14.9 Å². The molecule has 0 atom stereocenters. The molecule has 1 aliphatic heterocycles. The van der Waals surface area contributed by atoms with Crippen molar-refractivity contribution in [3.8, 4) is 0 Å². The molecule has 1 aliphatic rings. The Morgan fingerprint density at radius 2 is 2.20 bits per heavy atom. The van der Waals surface area contributed by atoms with Crippen molar-refractivity contribution in [2.75, 3.05) is 11.9 Å². The molecule has 25 heavy (non-hydrogen) atoms. The van der Waals surface area contributed by atoms with Gasteiger partial charge in [-0.2, -0.15) is 0 Å². The van der Waals surface area contributed by atoms with Crippen LogP contribution in [-0.4, -0.2) is 33.2 Å². The number of carbonyl (C=O) groups is 2. The standard InChI is InChI=1S/C18H18N4O2S/c1-2-16(23)21-18-20-13-7-8-22(10-15(13)25-18)17(24)14-9-11-5-3-4-6-12(11)19-14/h3-6,9,19H,2,7-8,10H2,1H3,(H,20,21,23). The van der Waals surface area contributed by atoms with E-state index in [2.05, 4.69) is 15.3 Å². The summed E-state index contributed by atoms with van der Waals surface area (Å²) in [6.45, 7) is 2.97. The smallest absolute Gasteiger partial charge is 0.270 e. The van der Waals surface area contributed by atoms with E-state index in [1.54, 1.807) is 0 Å². The summed E-state index contributed by atoms with van der Waals surface area (Å²) in [5.74, 6) is -0.0495. The third-order valence-electron chi connectivity index (χ3n) is 4.35. The number of anilines is 1. The van der Waals surface area contributed by atoms with Crippen LogP contribution in [0.25, 0.3) is 10.9 Å². The second-order valence-corrected chi connectivity index (χ2v) is 7.12. The number of nitrogens with zero attached hydrogens (tertiary/aromatic N) is 2. The van der Waals surface area contributed by atoms with Gasteiger partial charge in [-0.3, -0.25) is 9.59 Å². The number of aromatic amines is 1. The zero-order valence-corrected chi connectivity index (χ0v) is 14.7. The maximum atomic E-state index is 12.8. The van der Waals surface area contributed by atoms with Crippen LogP contribution in [0.1, 0.15) is 34.4 Å². The third-order valence-corrected chi connectivity index (χ3v) is 5.34. The van der Waals surface area contributed by atoms with Gasteiger partial charge in [-0.05, 0) is 12.1 Å². The molecule has 0 unspecified atom stereocenters. The molecule has 0 radical (unpaired) electrons. The van der Waals surface area contributed by atoms with Crippen LogP contribution >= 0.6 is 11.3 Å². The molecule has 1 aromatic carbocycles. The van der Waals surface area contributed by atoms with Gasteiger partial charge in [-0.15, -0.1) is 0 Å². The largest absolute Gasteiger partial charge is 0.351 e. The van der Waals surface area contributed by atoms with Crippen LogP contribution < -0.4 is 5.32 Å². The SMILES string of the molecule is CCC(=O)Nc1nc2c(s1)CN(C(=O)c1cc3ccccc3[nH]1)CC2. The fourth-order valence-corrected chi connectivity index (χ4v) is 4.03. The fourth-order valence-electron chi connectivity index (χ4n) is 2.99. The first-order valence-corrected chi connectivity index (χ1v) is 9.11. The first-order chi connectivity index (χ1) is 12.1. The van der Waals surface area contributed by atoms with Gasteiger partial charge in [0.2, 0.25) is 5.91 Å². The Hall–Kier alpha value is -2.67. The molecule has 0 bridgehead atoms. The molecular formula is C18H18N4O2S. The number of hydrogen-bond donors (Lipinski definition) is 2. The Kier molecular flexibility index (Phi) is 4.01. The van der Waals surface area contributed by atoms with E-state index in [0.717, 1.165) is 21.5 Å². The van der Waals surface area contributed by atoms with Crippen LogP contribution in [0.15, 0.2) is 30.3 Å². The molecule has 7 heteroatoms. The number of rotatable bonds is 3. The summed E-state index contributed by atoms with van der Waals surface area (Å²) in [6, 6.07) is 9.76. The van der Waals surface area contributed by atoms with Crippen molar-refractivity contribution < 1.29 is 9.59 Å². The topological polar surface area (TPSA) is 78.1 Å². The number of thiazole rings is 1. The molecule has 0 saturated carbocycles. The van der Waals surface area contributed by atoms with E-state index in [-0.39, 0.29) is 11.8 Å². The van der Waals surface area contributed by atoms with Gasteiger partial charge < -0.3 is 15.2 Å². The lowest BCUT2D eigenvalue weighted by molar-refractivity contribution is -0.115. The lowest BCUT2D eigenvalue weighted by Crippen LogP contribution is -2.35. The van der Waals surface area contributed by atoms with Gasteiger partial charge in [0, 0.05) is 35.2 Å². The van der Waals surface area contributed by atoms with Crippen LogP contribution in [0.4, 0.5) is 5.13 Å². The molecule has 128 valence electrons. The Morgan fingerprint density at radius 3 is 3.00 bits per heavy atom. The molecule has 6 nitrogen and oxygen atoms in total. The monoisotopic (exact) mass is 354 g/mol. The minimum Gasteiger partial charge on any atom is -0.351 e. The maximum absolute atomic E-state index is 12.8. The number of para-hydroxylation sites is 1. The van der Waals surface area contributed by atoms with E-state index >= 15 is 0 Å². The minimum absolute atomic E-state index is 0.00519. The summed E-state index contributed by atoms with van der Waals surface area (Å²) >= 11 is 1.45. The number of nitrogens with one attached hydrogen (secondary N) is 2. The number of amides is 2. The molecule has 0 spiro atoms. The Labute approximate surface area is 148 Å². The van der Waals surface area contributed by atoms with Crippen molar-refractivity contribution in [2.45, 2.75) is 26.3 Å². The second-order valence-electron chi connectivity index (χ2n) is 6.04. The summed E-state index contributed by atoms with van der Waals surface area (Å²) in [5.41, 5.74) is 2.55. The van der Waals surface area contributed by atoms with Crippen molar-refractivity contribution in [1.29, 1.82) is 0 Å². The average molecular weight is 354 g/mol. The molecule has 2 amide bonds. The lowest BCUT2D eigenvalue weighted by Gasteiger charge is -2.25. The first kappa shape index (κ1) is 15.8. The van der Waals surface area contributed by atoms with Crippen molar-refractivity contribution >= 4 is 39.2 Å². The van der Waals surface area contributed by atoms with Gasteiger partial charge >= 0.3 is 0 Å². The van der Waals surface area contributed by atoms with E-state index < -0.39 is 0 Å². The fraction of sp³-hybridized carbons (Fsp3) is 0.278. The van der Waals surface area contributed by atoms with E-state index in [9.17, 15) is 9.59 Å². The van der Waals surface area contributed by atoms with Crippen LogP contribution in [0.3, 0.4) is 0 Å². The zero-order valence-electron chi connectivity index (χ0n) is 13.8.